The summed E-state index contributed by atoms with van der Waals surface area (Å²) in [5, 5.41) is 21.5. The fraction of sp³-hybridized carbons (Fsp3) is 0.360. The van der Waals surface area contributed by atoms with Gasteiger partial charge in [-0.05, 0) is 44.5 Å². The molecular weight excluding hydrogens is 454 g/mol. The predicted octanol–water partition coefficient (Wildman–Crippen LogP) is 5.00. The minimum absolute atomic E-state index is 0.175. The first-order valence-corrected chi connectivity index (χ1v) is 11.5. The van der Waals surface area contributed by atoms with E-state index < -0.39 is 11.9 Å². The van der Waals surface area contributed by atoms with Crippen molar-refractivity contribution in [2.75, 3.05) is 23.3 Å². The van der Waals surface area contributed by atoms with Gasteiger partial charge in [0.05, 0.1) is 22.6 Å². The highest BCUT2D eigenvalue weighted by atomic mass is 19.3. The summed E-state index contributed by atoms with van der Waals surface area (Å²) in [6.07, 6.45) is -0.479. The number of alkyl halides is 2. The number of nitrogens with one attached hydrogen (secondary N) is 1. The van der Waals surface area contributed by atoms with Gasteiger partial charge in [0.25, 0.3) is 5.92 Å². The van der Waals surface area contributed by atoms with Crippen LogP contribution in [0, 0.1) is 13.8 Å². The van der Waals surface area contributed by atoms with Crippen molar-refractivity contribution in [1.29, 1.82) is 0 Å². The molecule has 1 atom stereocenters. The third-order valence-corrected chi connectivity index (χ3v) is 6.54. The second-order valence-electron chi connectivity index (χ2n) is 9.12. The zero-order chi connectivity index (χ0) is 24.9. The molecule has 0 spiro atoms. The molecule has 35 heavy (non-hydrogen) atoms. The molecule has 1 unspecified atom stereocenters. The fourth-order valence-electron chi connectivity index (χ4n) is 4.73. The Bertz CT molecular complexity index is 1440. The lowest BCUT2D eigenvalue weighted by molar-refractivity contribution is -0.0221. The number of piperidine rings is 1. The molecule has 1 saturated heterocycles. The molecule has 5 rings (SSSR count). The summed E-state index contributed by atoms with van der Waals surface area (Å²) in [5.41, 5.74) is 4.56. The summed E-state index contributed by atoms with van der Waals surface area (Å²) in [6.45, 7) is 6.12. The van der Waals surface area contributed by atoms with Gasteiger partial charge in [-0.2, -0.15) is 0 Å². The van der Waals surface area contributed by atoms with Gasteiger partial charge in [0, 0.05) is 37.2 Å². The van der Waals surface area contributed by atoms with E-state index in [-0.39, 0.29) is 37.5 Å². The van der Waals surface area contributed by atoms with Crippen LogP contribution < -0.4 is 10.2 Å². The lowest BCUT2D eigenvalue weighted by Gasteiger charge is -2.32. The summed E-state index contributed by atoms with van der Waals surface area (Å²) < 4.78 is 29.6. The van der Waals surface area contributed by atoms with E-state index in [4.69, 9.17) is 4.98 Å². The minimum atomic E-state index is -2.68. The molecule has 1 aliphatic heterocycles. The fourth-order valence-corrected chi connectivity index (χ4v) is 4.73. The molecule has 2 N–H and O–H groups in total. The number of carboxylic acid groups (broad SMARTS) is 1. The van der Waals surface area contributed by atoms with E-state index in [0.29, 0.717) is 28.5 Å². The van der Waals surface area contributed by atoms with Crippen LogP contribution in [0.4, 0.5) is 20.3 Å². The molecule has 1 aliphatic rings. The van der Waals surface area contributed by atoms with E-state index in [1.54, 1.807) is 24.3 Å². The monoisotopic (exact) mass is 480 g/mol. The first-order valence-electron chi connectivity index (χ1n) is 11.5. The molecule has 182 valence electrons. The summed E-state index contributed by atoms with van der Waals surface area (Å²) >= 11 is 0. The highest BCUT2D eigenvalue weighted by molar-refractivity contribution is 5.94. The van der Waals surface area contributed by atoms with Crippen molar-refractivity contribution in [3.63, 3.8) is 0 Å². The van der Waals surface area contributed by atoms with Gasteiger partial charge in [-0.1, -0.05) is 18.2 Å². The SMILES string of the molecule is Cc1cc(C(C)Nc2ccccc2C(=O)O)c2nc(N3CCC(F)(F)CC3)c3nnc(C)n3c2c1. The summed E-state index contributed by atoms with van der Waals surface area (Å²) in [4.78, 5) is 18.5. The van der Waals surface area contributed by atoms with Gasteiger partial charge in [0.15, 0.2) is 5.82 Å². The van der Waals surface area contributed by atoms with Gasteiger partial charge in [-0.3, -0.25) is 4.40 Å². The average Bonchev–Trinajstić information content (AvgIpc) is 3.20. The number of benzene rings is 2. The number of aromatic carboxylic acids is 1. The Hall–Kier alpha value is -3.82. The number of nitrogens with zero attached hydrogens (tertiary/aromatic N) is 5. The maximum Gasteiger partial charge on any atom is 0.337 e. The second kappa shape index (κ2) is 8.44. The molecular formula is C25H26F2N6O2. The number of anilines is 2. The number of rotatable bonds is 5. The van der Waals surface area contributed by atoms with Crippen molar-refractivity contribution < 1.29 is 18.7 Å². The number of carboxylic acids is 1. The first kappa shape index (κ1) is 22.9. The van der Waals surface area contributed by atoms with Crippen molar-refractivity contribution in [2.45, 2.75) is 45.6 Å². The number of hydrogen-bond donors (Lipinski definition) is 2. The number of carbonyl (C=O) groups is 1. The van der Waals surface area contributed by atoms with Crippen molar-refractivity contribution in [3.05, 3.63) is 58.9 Å². The van der Waals surface area contributed by atoms with Gasteiger partial charge in [0.1, 0.15) is 5.82 Å². The molecule has 3 heterocycles. The molecule has 0 amide bonds. The highest BCUT2D eigenvalue weighted by Crippen LogP contribution is 2.35. The quantitative estimate of drug-likeness (QED) is 0.415. The van der Waals surface area contributed by atoms with Gasteiger partial charge in [-0.15, -0.1) is 10.2 Å². The molecule has 0 bridgehead atoms. The molecule has 2 aromatic carbocycles. The molecule has 8 nitrogen and oxygen atoms in total. The summed E-state index contributed by atoms with van der Waals surface area (Å²) in [7, 11) is 0. The Kier molecular flexibility index (Phi) is 5.53. The molecule has 1 fully saturated rings. The maximum atomic E-state index is 13.8. The zero-order valence-electron chi connectivity index (χ0n) is 19.7. The first-order chi connectivity index (χ1) is 16.6. The molecule has 0 aliphatic carbocycles. The molecule has 0 radical (unpaired) electrons. The lowest BCUT2D eigenvalue weighted by Crippen LogP contribution is -2.40. The molecule has 4 aromatic rings. The second-order valence-corrected chi connectivity index (χ2v) is 9.12. The Labute approximate surface area is 200 Å². The van der Waals surface area contributed by atoms with Crippen LogP contribution in [-0.2, 0) is 0 Å². The number of aryl methyl sites for hydroxylation is 2. The largest absolute Gasteiger partial charge is 0.478 e. The Morgan fingerprint density at radius 1 is 1.14 bits per heavy atom. The Morgan fingerprint density at radius 2 is 1.86 bits per heavy atom. The lowest BCUT2D eigenvalue weighted by atomic mass is 10.0. The van der Waals surface area contributed by atoms with Crippen LogP contribution in [0.15, 0.2) is 36.4 Å². The third kappa shape index (κ3) is 4.13. The Morgan fingerprint density at radius 3 is 2.57 bits per heavy atom. The Balaban J connectivity index is 1.66. The number of para-hydroxylation sites is 1. The minimum Gasteiger partial charge on any atom is -0.478 e. The van der Waals surface area contributed by atoms with Gasteiger partial charge in [-0.25, -0.2) is 18.6 Å². The van der Waals surface area contributed by atoms with E-state index in [1.165, 1.54) is 0 Å². The third-order valence-electron chi connectivity index (χ3n) is 6.54. The topological polar surface area (TPSA) is 95.6 Å². The van der Waals surface area contributed by atoms with Crippen LogP contribution >= 0.6 is 0 Å². The van der Waals surface area contributed by atoms with Crippen LogP contribution in [0.2, 0.25) is 0 Å². The van der Waals surface area contributed by atoms with Crippen molar-refractivity contribution in [1.82, 2.24) is 19.6 Å². The molecule has 10 heteroatoms. The van der Waals surface area contributed by atoms with E-state index >= 15 is 0 Å². The normalized spacial score (nSPS) is 16.5. The van der Waals surface area contributed by atoms with Crippen molar-refractivity contribution in [3.8, 4) is 0 Å². The van der Waals surface area contributed by atoms with Crippen molar-refractivity contribution >= 4 is 34.2 Å². The summed E-state index contributed by atoms with van der Waals surface area (Å²) in [5.74, 6) is -2.49. The van der Waals surface area contributed by atoms with Gasteiger partial charge >= 0.3 is 5.97 Å². The highest BCUT2D eigenvalue weighted by Gasteiger charge is 2.35. The number of halogens is 2. The van der Waals surface area contributed by atoms with Crippen LogP contribution in [0.25, 0.3) is 16.7 Å². The zero-order valence-corrected chi connectivity index (χ0v) is 19.7. The molecule has 2 aromatic heterocycles. The number of aromatic nitrogens is 4. The number of fused-ring (bicyclic) bond motifs is 3. The number of hydrogen-bond acceptors (Lipinski definition) is 6. The van der Waals surface area contributed by atoms with E-state index in [1.807, 2.05) is 42.2 Å². The summed E-state index contributed by atoms with van der Waals surface area (Å²) in [6, 6.07) is 10.5. The van der Waals surface area contributed by atoms with Crippen LogP contribution in [-0.4, -0.2) is 49.7 Å². The smallest absolute Gasteiger partial charge is 0.337 e. The van der Waals surface area contributed by atoms with Gasteiger partial charge < -0.3 is 15.3 Å². The van der Waals surface area contributed by atoms with Crippen LogP contribution in [0.1, 0.15) is 53.1 Å². The maximum absolute atomic E-state index is 13.8. The van der Waals surface area contributed by atoms with E-state index in [2.05, 4.69) is 15.5 Å². The van der Waals surface area contributed by atoms with E-state index in [9.17, 15) is 18.7 Å². The van der Waals surface area contributed by atoms with Crippen molar-refractivity contribution in [2.24, 2.45) is 0 Å². The van der Waals surface area contributed by atoms with Crippen LogP contribution in [0.3, 0.4) is 0 Å². The predicted molar refractivity (Wildman–Crippen MR) is 130 cm³/mol. The van der Waals surface area contributed by atoms with Crippen LogP contribution in [0.5, 0.6) is 0 Å². The van der Waals surface area contributed by atoms with E-state index in [0.717, 1.165) is 16.6 Å². The average molecular weight is 481 g/mol. The molecule has 0 saturated carbocycles. The van der Waals surface area contributed by atoms with Gasteiger partial charge in [0.2, 0.25) is 5.65 Å². The standard InChI is InChI=1S/C25H26F2N6O2/c1-14-12-18(15(2)28-19-7-5-4-6-17(19)24(34)35)21-20(13-14)33-16(3)30-31-23(33)22(29-21)32-10-8-25(26,27)9-11-32/h4-7,12-13,15,28H,8-11H2,1-3H3,(H,34,35).